The van der Waals surface area contributed by atoms with Crippen LogP contribution in [0.5, 0.6) is 0 Å². The molecule has 0 bridgehead atoms. The van der Waals surface area contributed by atoms with Crippen molar-refractivity contribution in [1.82, 2.24) is 4.90 Å². The van der Waals surface area contributed by atoms with Gasteiger partial charge >= 0.3 is 5.97 Å². The molecule has 2 aromatic carbocycles. The van der Waals surface area contributed by atoms with Gasteiger partial charge in [0.05, 0.1) is 12.5 Å². The Hall–Kier alpha value is -2.05. The fraction of sp³-hybridized carbons (Fsp3) is 0.333. The van der Waals surface area contributed by atoms with Gasteiger partial charge in [-0.25, -0.2) is 9.18 Å². The highest BCUT2D eigenvalue weighted by atomic mass is 35.5. The quantitative estimate of drug-likeness (QED) is 0.661. The number of hydrogen-bond acceptors (Lipinski definition) is 4. The number of halogens is 2. The smallest absolute Gasteiger partial charge is 0.330 e. The lowest BCUT2D eigenvalue weighted by atomic mass is 10.1. The van der Waals surface area contributed by atoms with Crippen molar-refractivity contribution in [3.8, 4) is 0 Å². The second-order valence-electron chi connectivity index (χ2n) is 6.85. The second kappa shape index (κ2) is 8.97. The minimum atomic E-state index is -0.677. The van der Waals surface area contributed by atoms with Crippen molar-refractivity contribution in [1.29, 1.82) is 0 Å². The second-order valence-corrected chi connectivity index (χ2v) is 8.40. The van der Waals surface area contributed by atoms with Gasteiger partial charge in [0.1, 0.15) is 17.2 Å². The Labute approximate surface area is 173 Å². The maximum absolute atomic E-state index is 13.2. The van der Waals surface area contributed by atoms with Crippen molar-refractivity contribution in [2.45, 2.75) is 37.8 Å². The summed E-state index contributed by atoms with van der Waals surface area (Å²) in [5.74, 6) is -0.548. The molecule has 1 heterocycles. The molecular formula is C21H21ClFNO3S. The predicted molar refractivity (Wildman–Crippen MR) is 109 cm³/mol. The molecule has 1 fully saturated rings. The van der Waals surface area contributed by atoms with E-state index >= 15 is 0 Å². The van der Waals surface area contributed by atoms with E-state index in [0.717, 1.165) is 5.56 Å². The normalized spacial score (nSPS) is 19.1. The molecule has 1 aliphatic heterocycles. The predicted octanol–water partition coefficient (Wildman–Crippen LogP) is 4.62. The first-order valence-electron chi connectivity index (χ1n) is 8.98. The zero-order valence-electron chi connectivity index (χ0n) is 15.6. The molecule has 1 aliphatic rings. The van der Waals surface area contributed by atoms with Crippen LogP contribution in [-0.4, -0.2) is 34.7 Å². The first kappa shape index (κ1) is 20.7. The van der Waals surface area contributed by atoms with E-state index in [0.29, 0.717) is 16.3 Å². The van der Waals surface area contributed by atoms with Crippen LogP contribution in [-0.2, 0) is 20.7 Å². The van der Waals surface area contributed by atoms with Crippen molar-refractivity contribution in [2.75, 3.05) is 5.75 Å². The average Bonchev–Trinajstić information content (AvgIpc) is 3.08. The first-order valence-corrected chi connectivity index (χ1v) is 10.4. The van der Waals surface area contributed by atoms with Gasteiger partial charge in [-0.1, -0.05) is 35.9 Å². The monoisotopic (exact) mass is 421 g/mol. The van der Waals surface area contributed by atoms with E-state index in [4.69, 9.17) is 16.3 Å². The van der Waals surface area contributed by atoms with Crippen LogP contribution in [0.1, 0.15) is 30.3 Å². The lowest BCUT2D eigenvalue weighted by Gasteiger charge is -2.29. The average molecular weight is 422 g/mol. The first-order chi connectivity index (χ1) is 13.3. The van der Waals surface area contributed by atoms with Crippen LogP contribution in [0.25, 0.3) is 0 Å². The van der Waals surface area contributed by atoms with E-state index < -0.39 is 12.0 Å². The number of amides is 1. The van der Waals surface area contributed by atoms with Gasteiger partial charge in [0.2, 0.25) is 5.91 Å². The number of rotatable bonds is 5. The Morgan fingerprint density at radius 2 is 1.96 bits per heavy atom. The van der Waals surface area contributed by atoms with Crippen LogP contribution in [0, 0.1) is 5.82 Å². The SMILES string of the molecule is CC(C)OC(=O)C1CSC(c2cccc(Cl)c2)N1C(=O)Cc1ccc(F)cc1. The summed E-state index contributed by atoms with van der Waals surface area (Å²) < 4.78 is 18.5. The van der Waals surface area contributed by atoms with Gasteiger partial charge in [-0.15, -0.1) is 11.8 Å². The van der Waals surface area contributed by atoms with Crippen LogP contribution in [0.15, 0.2) is 48.5 Å². The van der Waals surface area contributed by atoms with Crippen molar-refractivity contribution >= 4 is 35.2 Å². The summed E-state index contributed by atoms with van der Waals surface area (Å²) in [6, 6.07) is 12.4. The van der Waals surface area contributed by atoms with E-state index in [9.17, 15) is 14.0 Å². The summed E-state index contributed by atoms with van der Waals surface area (Å²) in [6.45, 7) is 3.55. The summed E-state index contributed by atoms with van der Waals surface area (Å²) in [4.78, 5) is 27.3. The standard InChI is InChI=1S/C21H21ClFNO3S/c1-13(2)27-21(26)18-12-28-20(15-4-3-5-16(22)11-15)24(18)19(25)10-14-6-8-17(23)9-7-14/h3-9,11,13,18,20H,10,12H2,1-2H3. The zero-order valence-corrected chi connectivity index (χ0v) is 17.2. The molecule has 2 atom stereocenters. The topological polar surface area (TPSA) is 46.6 Å². The Morgan fingerprint density at radius 3 is 2.61 bits per heavy atom. The molecule has 0 spiro atoms. The Morgan fingerprint density at radius 1 is 1.25 bits per heavy atom. The molecule has 0 saturated carbocycles. The number of nitrogens with zero attached hydrogens (tertiary/aromatic N) is 1. The number of carbonyl (C=O) groups is 2. The van der Waals surface area contributed by atoms with Gasteiger partial charge in [0.25, 0.3) is 0 Å². The molecule has 2 unspecified atom stereocenters. The molecule has 28 heavy (non-hydrogen) atoms. The van der Waals surface area contributed by atoms with Crippen LogP contribution in [0.4, 0.5) is 4.39 Å². The summed E-state index contributed by atoms with van der Waals surface area (Å²) in [7, 11) is 0. The van der Waals surface area contributed by atoms with Gasteiger partial charge < -0.3 is 9.64 Å². The zero-order chi connectivity index (χ0) is 20.3. The van der Waals surface area contributed by atoms with Crippen molar-refractivity contribution in [2.24, 2.45) is 0 Å². The van der Waals surface area contributed by atoms with Gasteiger partial charge in [-0.2, -0.15) is 0 Å². The van der Waals surface area contributed by atoms with E-state index in [1.165, 1.54) is 23.9 Å². The van der Waals surface area contributed by atoms with Gasteiger partial charge in [0.15, 0.2) is 0 Å². The van der Waals surface area contributed by atoms with Gasteiger partial charge in [0, 0.05) is 10.8 Å². The minimum Gasteiger partial charge on any atom is -0.461 e. The number of esters is 1. The fourth-order valence-electron chi connectivity index (χ4n) is 3.09. The van der Waals surface area contributed by atoms with Crippen molar-refractivity contribution < 1.29 is 18.7 Å². The molecule has 148 valence electrons. The third-order valence-electron chi connectivity index (χ3n) is 4.31. The van der Waals surface area contributed by atoms with Crippen LogP contribution >= 0.6 is 23.4 Å². The highest BCUT2D eigenvalue weighted by Gasteiger charge is 2.43. The van der Waals surface area contributed by atoms with E-state index in [2.05, 4.69) is 0 Å². The Bertz CT molecular complexity index is 859. The lowest BCUT2D eigenvalue weighted by Crippen LogP contribution is -2.45. The van der Waals surface area contributed by atoms with Gasteiger partial charge in [-0.05, 0) is 49.2 Å². The van der Waals surface area contributed by atoms with Crippen molar-refractivity contribution in [3.63, 3.8) is 0 Å². The summed E-state index contributed by atoms with van der Waals surface area (Å²) >= 11 is 7.63. The maximum atomic E-state index is 13.2. The summed E-state index contributed by atoms with van der Waals surface area (Å²) in [5.41, 5.74) is 1.54. The number of ether oxygens (including phenoxy) is 1. The number of hydrogen-bond donors (Lipinski definition) is 0. The van der Waals surface area contributed by atoms with Crippen LogP contribution < -0.4 is 0 Å². The fourth-order valence-corrected chi connectivity index (χ4v) is 4.71. The molecule has 4 nitrogen and oxygen atoms in total. The molecular weight excluding hydrogens is 401 g/mol. The highest BCUT2D eigenvalue weighted by Crippen LogP contribution is 2.42. The van der Waals surface area contributed by atoms with Crippen molar-refractivity contribution in [3.05, 3.63) is 70.5 Å². The Balaban J connectivity index is 1.88. The molecule has 1 saturated heterocycles. The number of carbonyl (C=O) groups excluding carboxylic acids is 2. The largest absolute Gasteiger partial charge is 0.461 e. The molecule has 0 N–H and O–H groups in total. The van der Waals surface area contributed by atoms with E-state index in [1.54, 1.807) is 43.0 Å². The van der Waals surface area contributed by atoms with Gasteiger partial charge in [-0.3, -0.25) is 4.79 Å². The number of benzene rings is 2. The van der Waals surface area contributed by atoms with Crippen LogP contribution in [0.3, 0.4) is 0 Å². The maximum Gasteiger partial charge on any atom is 0.330 e. The van der Waals surface area contributed by atoms with E-state index in [-0.39, 0.29) is 29.6 Å². The lowest BCUT2D eigenvalue weighted by molar-refractivity contribution is -0.157. The summed E-state index contributed by atoms with van der Waals surface area (Å²) in [6.07, 6.45) is -0.194. The third-order valence-corrected chi connectivity index (χ3v) is 5.87. The molecule has 0 aliphatic carbocycles. The minimum absolute atomic E-state index is 0.0728. The molecule has 0 aromatic heterocycles. The molecule has 1 amide bonds. The summed E-state index contributed by atoms with van der Waals surface area (Å²) in [5, 5.41) is 0.230. The van der Waals surface area contributed by atoms with E-state index in [1.807, 2.05) is 12.1 Å². The molecule has 2 aromatic rings. The highest BCUT2D eigenvalue weighted by molar-refractivity contribution is 7.99. The molecule has 0 radical (unpaired) electrons. The molecule has 3 rings (SSSR count). The third kappa shape index (κ3) is 4.86. The Kier molecular flexibility index (Phi) is 6.62. The van der Waals surface area contributed by atoms with Crippen LogP contribution in [0.2, 0.25) is 5.02 Å². The molecule has 7 heteroatoms. The number of thioether (sulfide) groups is 1.